The summed E-state index contributed by atoms with van der Waals surface area (Å²) in [5.41, 5.74) is 4.78. The molecule has 0 bridgehead atoms. The molecule has 0 atom stereocenters. The molecule has 0 fully saturated rings. The summed E-state index contributed by atoms with van der Waals surface area (Å²) in [5.74, 6) is 0.842. The van der Waals surface area contributed by atoms with Gasteiger partial charge in [0.15, 0.2) is 0 Å². The molecule has 0 spiro atoms. The van der Waals surface area contributed by atoms with E-state index < -0.39 is 5.97 Å². The molecule has 0 aliphatic carbocycles. The highest BCUT2D eigenvalue weighted by Gasteiger charge is 2.26. The summed E-state index contributed by atoms with van der Waals surface area (Å²) in [4.78, 5) is 31.9. The van der Waals surface area contributed by atoms with Crippen LogP contribution in [-0.4, -0.2) is 36.3 Å². The highest BCUT2D eigenvalue weighted by atomic mass is 32.1. The van der Waals surface area contributed by atoms with Gasteiger partial charge in [-0.25, -0.2) is 4.79 Å². The van der Waals surface area contributed by atoms with Crippen molar-refractivity contribution in [2.75, 3.05) is 20.8 Å². The molecule has 0 aliphatic heterocycles. The van der Waals surface area contributed by atoms with Gasteiger partial charge in [0, 0.05) is 36.3 Å². The molecule has 6 rings (SSSR count). The second-order valence-electron chi connectivity index (χ2n) is 11.5. The number of methoxy groups -OCH3 is 2. The fourth-order valence-corrected chi connectivity index (χ4v) is 7.28. The lowest BCUT2D eigenvalue weighted by Gasteiger charge is -2.23. The number of aromatic nitrogens is 1. The summed E-state index contributed by atoms with van der Waals surface area (Å²) in [6.07, 6.45) is 1.64. The van der Waals surface area contributed by atoms with Crippen LogP contribution in [0.1, 0.15) is 39.5 Å². The Morgan fingerprint density at radius 3 is 2.00 bits per heavy atom. The Labute approximate surface area is 284 Å². The molecule has 48 heavy (non-hydrogen) atoms. The summed E-state index contributed by atoms with van der Waals surface area (Å²) in [6, 6.07) is 36.4. The van der Waals surface area contributed by atoms with Crippen molar-refractivity contribution in [3.05, 3.63) is 153 Å². The maximum Gasteiger partial charge on any atom is 0.343 e. The first-order chi connectivity index (χ1) is 23.5. The van der Waals surface area contributed by atoms with E-state index in [1.165, 1.54) is 11.1 Å². The van der Waals surface area contributed by atoms with E-state index in [-0.39, 0.29) is 17.6 Å². The van der Waals surface area contributed by atoms with Crippen LogP contribution in [-0.2, 0) is 30.9 Å². The topological polar surface area (TPSA) is 70.0 Å². The van der Waals surface area contributed by atoms with Crippen LogP contribution in [0.4, 0.5) is 0 Å². The van der Waals surface area contributed by atoms with Crippen molar-refractivity contribution in [2.24, 2.45) is 0 Å². The predicted molar refractivity (Wildman–Crippen MR) is 192 cm³/mol. The molecule has 0 saturated carbocycles. The largest absolute Gasteiger partial charge is 0.497 e. The molecule has 244 valence electrons. The Kier molecular flexibility index (Phi) is 10.3. The average Bonchev–Trinajstić information content (AvgIpc) is 3.50. The quantitative estimate of drug-likeness (QED) is 0.117. The lowest BCUT2D eigenvalue weighted by molar-refractivity contribution is 0.0524. The van der Waals surface area contributed by atoms with Crippen molar-refractivity contribution in [3.8, 4) is 21.9 Å². The van der Waals surface area contributed by atoms with E-state index in [4.69, 9.17) is 14.2 Å². The SMILES string of the molecule is CCOC(=O)c1cn(Cc2ccccc2OC)c2sc(-c3ccc(OC)cc3)c(CN(Cc3ccccc3)Cc3ccccc3)c2c1=O. The Hall–Kier alpha value is -5.18. The molecular formula is C40H38N2O5S. The van der Waals surface area contributed by atoms with Gasteiger partial charge >= 0.3 is 5.97 Å². The van der Waals surface area contributed by atoms with E-state index in [1.807, 2.05) is 89.5 Å². The van der Waals surface area contributed by atoms with Gasteiger partial charge in [0.2, 0.25) is 5.43 Å². The Morgan fingerprint density at radius 2 is 1.40 bits per heavy atom. The monoisotopic (exact) mass is 658 g/mol. The number of fused-ring (bicyclic) bond motifs is 1. The third kappa shape index (κ3) is 7.20. The number of hydrogen-bond acceptors (Lipinski definition) is 7. The Bertz CT molecular complexity index is 2010. The van der Waals surface area contributed by atoms with Gasteiger partial charge < -0.3 is 18.8 Å². The first kappa shape index (κ1) is 32.7. The van der Waals surface area contributed by atoms with Crippen LogP contribution in [0.2, 0.25) is 0 Å². The lowest BCUT2D eigenvalue weighted by Crippen LogP contribution is -2.25. The van der Waals surface area contributed by atoms with E-state index in [0.29, 0.717) is 31.6 Å². The fraction of sp³-hybridized carbons (Fsp3) is 0.200. The molecule has 4 aromatic carbocycles. The van der Waals surface area contributed by atoms with Crippen molar-refractivity contribution in [3.63, 3.8) is 0 Å². The fourth-order valence-electron chi connectivity index (χ4n) is 5.99. The van der Waals surface area contributed by atoms with Gasteiger partial charge in [-0.2, -0.15) is 0 Å². The van der Waals surface area contributed by atoms with Gasteiger partial charge in [0.05, 0.1) is 32.8 Å². The van der Waals surface area contributed by atoms with E-state index in [2.05, 4.69) is 29.2 Å². The zero-order chi connectivity index (χ0) is 33.5. The second-order valence-corrected chi connectivity index (χ2v) is 12.5. The number of thiophene rings is 1. The summed E-state index contributed by atoms with van der Waals surface area (Å²) in [5, 5.41) is 0.525. The van der Waals surface area contributed by atoms with Crippen molar-refractivity contribution >= 4 is 27.5 Å². The van der Waals surface area contributed by atoms with Crippen molar-refractivity contribution in [2.45, 2.75) is 33.1 Å². The lowest BCUT2D eigenvalue weighted by atomic mass is 10.0. The minimum absolute atomic E-state index is 0.0113. The van der Waals surface area contributed by atoms with Gasteiger partial charge in [-0.05, 0) is 59.5 Å². The third-order valence-corrected chi connectivity index (χ3v) is 9.58. The average molecular weight is 659 g/mol. The Balaban J connectivity index is 1.58. The molecule has 6 aromatic rings. The molecule has 7 nitrogen and oxygen atoms in total. The van der Waals surface area contributed by atoms with E-state index in [9.17, 15) is 9.59 Å². The minimum Gasteiger partial charge on any atom is -0.497 e. The first-order valence-electron chi connectivity index (χ1n) is 15.9. The number of hydrogen-bond donors (Lipinski definition) is 0. The maximum atomic E-state index is 14.5. The van der Waals surface area contributed by atoms with Crippen LogP contribution >= 0.6 is 11.3 Å². The van der Waals surface area contributed by atoms with Crippen LogP contribution in [0.5, 0.6) is 11.5 Å². The minimum atomic E-state index is -0.633. The highest BCUT2D eigenvalue weighted by Crippen LogP contribution is 2.40. The van der Waals surface area contributed by atoms with Crippen LogP contribution in [0, 0.1) is 0 Å². The number of carbonyl (C=O) groups excluding carboxylic acids is 1. The highest BCUT2D eigenvalue weighted by molar-refractivity contribution is 7.22. The molecular weight excluding hydrogens is 621 g/mol. The van der Waals surface area contributed by atoms with E-state index in [1.54, 1.807) is 38.7 Å². The number of rotatable bonds is 13. The van der Waals surface area contributed by atoms with Crippen molar-refractivity contribution in [1.82, 2.24) is 9.47 Å². The summed E-state index contributed by atoms with van der Waals surface area (Å²) in [7, 11) is 3.29. The zero-order valence-corrected chi connectivity index (χ0v) is 28.2. The molecule has 0 N–H and O–H groups in total. The Morgan fingerprint density at radius 1 is 0.771 bits per heavy atom. The van der Waals surface area contributed by atoms with Crippen LogP contribution in [0.25, 0.3) is 20.7 Å². The van der Waals surface area contributed by atoms with Gasteiger partial charge in [-0.15, -0.1) is 11.3 Å². The number of benzene rings is 4. The van der Waals surface area contributed by atoms with Crippen molar-refractivity contribution in [1.29, 1.82) is 0 Å². The zero-order valence-electron chi connectivity index (χ0n) is 27.3. The standard InChI is InChI=1S/C40H38N2O5S/c1-4-47-40(44)34-27-42(25-31-17-11-12-18-35(31)46-3)39-36(37(34)43)33(38(48-39)30-19-21-32(45-2)22-20-30)26-41(23-28-13-7-5-8-14-28)24-29-15-9-6-10-16-29/h5-22,27H,4,23-26H2,1-3H3. The smallest absolute Gasteiger partial charge is 0.343 e. The van der Waals surface area contributed by atoms with E-state index >= 15 is 0 Å². The molecule has 0 saturated heterocycles. The predicted octanol–water partition coefficient (Wildman–Crippen LogP) is 8.17. The maximum absolute atomic E-state index is 14.5. The molecule has 0 amide bonds. The molecule has 0 unspecified atom stereocenters. The number of esters is 1. The summed E-state index contributed by atoms with van der Waals surface area (Å²) < 4.78 is 18.5. The van der Waals surface area contributed by atoms with Gasteiger partial charge in [-0.3, -0.25) is 9.69 Å². The number of ether oxygens (including phenoxy) is 3. The molecule has 2 aromatic heterocycles. The summed E-state index contributed by atoms with van der Waals surface area (Å²) >= 11 is 1.55. The molecule has 2 heterocycles. The number of nitrogens with zero attached hydrogens (tertiary/aromatic N) is 2. The van der Waals surface area contributed by atoms with Crippen molar-refractivity contribution < 1.29 is 19.0 Å². The number of pyridine rings is 1. The van der Waals surface area contributed by atoms with Gasteiger partial charge in [-0.1, -0.05) is 78.9 Å². The summed E-state index contributed by atoms with van der Waals surface area (Å²) in [6.45, 7) is 4.11. The van der Waals surface area contributed by atoms with Gasteiger partial charge in [0.1, 0.15) is 21.9 Å². The molecule has 0 radical (unpaired) electrons. The second kappa shape index (κ2) is 15.2. The first-order valence-corrected chi connectivity index (χ1v) is 16.7. The number of carbonyl (C=O) groups is 1. The molecule has 0 aliphatic rings. The van der Waals surface area contributed by atoms with Crippen LogP contribution in [0.15, 0.2) is 120 Å². The van der Waals surface area contributed by atoms with Crippen LogP contribution in [0.3, 0.4) is 0 Å². The normalized spacial score (nSPS) is 11.2. The van der Waals surface area contributed by atoms with Crippen LogP contribution < -0.4 is 14.9 Å². The third-order valence-electron chi connectivity index (χ3n) is 8.27. The van der Waals surface area contributed by atoms with Gasteiger partial charge in [0.25, 0.3) is 0 Å². The molecule has 8 heteroatoms. The number of para-hydroxylation sites is 1. The van der Waals surface area contributed by atoms with E-state index in [0.717, 1.165) is 37.9 Å².